The molecule has 1 aliphatic heterocycles. The monoisotopic (exact) mass is 367 g/mol. The topological polar surface area (TPSA) is 131 Å². The van der Waals surface area contributed by atoms with Crippen molar-refractivity contribution in [3.05, 3.63) is 73.9 Å². The van der Waals surface area contributed by atoms with E-state index in [1.165, 1.54) is 6.07 Å². The smallest absolute Gasteiger partial charge is 0.280 e. The quantitative estimate of drug-likeness (QED) is 0.533. The zero-order chi connectivity index (χ0) is 19.0. The summed E-state index contributed by atoms with van der Waals surface area (Å²) < 4.78 is 5.83. The summed E-state index contributed by atoms with van der Waals surface area (Å²) in [6.07, 6.45) is 0.626. The minimum absolute atomic E-state index is 0.000460. The predicted octanol–water partition coefficient (Wildman–Crippen LogP) is 2.08. The number of furan rings is 1. The molecule has 1 aromatic carbocycles. The number of nitrogen functional groups attached to an aromatic ring is 1. The molecule has 3 aromatic rings. The number of aromatic nitrogens is 2. The van der Waals surface area contributed by atoms with Crippen molar-refractivity contribution in [3.63, 3.8) is 0 Å². The van der Waals surface area contributed by atoms with Crippen LogP contribution in [0.1, 0.15) is 17.0 Å². The van der Waals surface area contributed by atoms with E-state index in [0.29, 0.717) is 48.7 Å². The maximum Gasteiger partial charge on any atom is 0.280 e. The number of anilines is 1. The van der Waals surface area contributed by atoms with Gasteiger partial charge in [-0.25, -0.2) is 4.98 Å². The maximum absolute atomic E-state index is 12.1. The highest BCUT2D eigenvalue weighted by molar-refractivity contribution is 5.69. The Kier molecular flexibility index (Phi) is 4.21. The van der Waals surface area contributed by atoms with Crippen LogP contribution < -0.4 is 11.3 Å². The molecular formula is C18H17N5O4. The van der Waals surface area contributed by atoms with Crippen LogP contribution in [0.25, 0.3) is 11.3 Å². The molecule has 0 saturated heterocycles. The molecule has 2 aromatic heterocycles. The zero-order valence-corrected chi connectivity index (χ0v) is 14.3. The van der Waals surface area contributed by atoms with Gasteiger partial charge in [0.1, 0.15) is 11.5 Å². The molecule has 0 aliphatic carbocycles. The highest BCUT2D eigenvalue weighted by Crippen LogP contribution is 2.31. The van der Waals surface area contributed by atoms with E-state index in [-0.39, 0.29) is 17.2 Å². The Labute approximate surface area is 153 Å². The third-order valence-electron chi connectivity index (χ3n) is 4.57. The van der Waals surface area contributed by atoms with Gasteiger partial charge in [-0.05, 0) is 18.2 Å². The summed E-state index contributed by atoms with van der Waals surface area (Å²) in [4.78, 5) is 31.6. The lowest BCUT2D eigenvalue weighted by Crippen LogP contribution is -2.35. The largest absolute Gasteiger partial charge is 0.459 e. The minimum atomic E-state index is -0.427. The van der Waals surface area contributed by atoms with Crippen molar-refractivity contribution in [2.24, 2.45) is 0 Å². The summed E-state index contributed by atoms with van der Waals surface area (Å²) in [5, 5.41) is 11.2. The summed E-state index contributed by atoms with van der Waals surface area (Å²) in [5.41, 5.74) is 7.15. The Morgan fingerprint density at radius 1 is 1.30 bits per heavy atom. The zero-order valence-electron chi connectivity index (χ0n) is 14.3. The molecule has 1 aliphatic rings. The van der Waals surface area contributed by atoms with Crippen LogP contribution in [0.3, 0.4) is 0 Å². The molecule has 0 bridgehead atoms. The lowest BCUT2D eigenvalue weighted by Gasteiger charge is -2.26. The molecule has 4 rings (SSSR count). The van der Waals surface area contributed by atoms with Crippen molar-refractivity contribution in [2.45, 2.75) is 19.5 Å². The second-order valence-electron chi connectivity index (χ2n) is 6.38. The molecule has 0 amide bonds. The maximum atomic E-state index is 12.1. The molecule has 138 valence electrons. The Bertz CT molecular complexity index is 1070. The van der Waals surface area contributed by atoms with Gasteiger partial charge in [-0.15, -0.1) is 0 Å². The van der Waals surface area contributed by atoms with Gasteiger partial charge < -0.3 is 10.2 Å². The number of H-pyrrole nitrogens is 1. The van der Waals surface area contributed by atoms with Crippen molar-refractivity contribution in [1.82, 2.24) is 14.9 Å². The molecule has 0 saturated carbocycles. The third kappa shape index (κ3) is 3.32. The van der Waals surface area contributed by atoms with Crippen molar-refractivity contribution in [1.29, 1.82) is 0 Å². The Morgan fingerprint density at radius 2 is 2.11 bits per heavy atom. The number of rotatable bonds is 4. The summed E-state index contributed by atoms with van der Waals surface area (Å²) in [6, 6.07) is 9.99. The van der Waals surface area contributed by atoms with E-state index in [9.17, 15) is 14.9 Å². The number of benzene rings is 1. The van der Waals surface area contributed by atoms with Gasteiger partial charge in [-0.3, -0.25) is 24.8 Å². The van der Waals surface area contributed by atoms with Gasteiger partial charge in [0.15, 0.2) is 0 Å². The fourth-order valence-corrected chi connectivity index (χ4v) is 3.30. The van der Waals surface area contributed by atoms with E-state index in [2.05, 4.69) is 14.9 Å². The number of nitro groups is 1. The Balaban J connectivity index is 1.54. The van der Waals surface area contributed by atoms with E-state index in [4.69, 9.17) is 10.2 Å². The first-order valence-electron chi connectivity index (χ1n) is 8.43. The first-order chi connectivity index (χ1) is 13.0. The van der Waals surface area contributed by atoms with E-state index >= 15 is 0 Å². The summed E-state index contributed by atoms with van der Waals surface area (Å²) in [5.74, 6) is 1.25. The summed E-state index contributed by atoms with van der Waals surface area (Å²) >= 11 is 0. The van der Waals surface area contributed by atoms with Crippen LogP contribution in [0.4, 0.5) is 11.6 Å². The molecular weight excluding hydrogens is 350 g/mol. The van der Waals surface area contributed by atoms with Crippen LogP contribution in [0, 0.1) is 10.1 Å². The first-order valence-corrected chi connectivity index (χ1v) is 8.43. The van der Waals surface area contributed by atoms with E-state index < -0.39 is 4.92 Å². The SMILES string of the molecule is Nc1nc2c(c(=O)[nH]1)CN(Cc1ccc(-c3ccccc3[N+](=O)[O-])o1)CC2. The number of para-hydroxylation sites is 1. The van der Waals surface area contributed by atoms with Crippen molar-refractivity contribution in [3.8, 4) is 11.3 Å². The average Bonchev–Trinajstić information content (AvgIpc) is 3.10. The number of nitrogens with two attached hydrogens (primary N) is 1. The van der Waals surface area contributed by atoms with Gasteiger partial charge >= 0.3 is 0 Å². The van der Waals surface area contributed by atoms with Crippen molar-refractivity contribution in [2.75, 3.05) is 12.3 Å². The fourth-order valence-electron chi connectivity index (χ4n) is 3.30. The number of fused-ring (bicyclic) bond motifs is 1. The van der Waals surface area contributed by atoms with E-state index in [1.807, 2.05) is 0 Å². The highest BCUT2D eigenvalue weighted by atomic mass is 16.6. The molecule has 9 heteroatoms. The van der Waals surface area contributed by atoms with Gasteiger partial charge in [0, 0.05) is 25.6 Å². The van der Waals surface area contributed by atoms with Crippen LogP contribution in [-0.4, -0.2) is 26.3 Å². The van der Waals surface area contributed by atoms with Gasteiger partial charge in [-0.2, -0.15) is 0 Å². The molecule has 9 nitrogen and oxygen atoms in total. The molecule has 0 radical (unpaired) electrons. The highest BCUT2D eigenvalue weighted by Gasteiger charge is 2.22. The molecule has 27 heavy (non-hydrogen) atoms. The van der Waals surface area contributed by atoms with Crippen LogP contribution in [-0.2, 0) is 19.5 Å². The standard InChI is InChI=1S/C18H17N5O4/c19-18-20-14-7-8-22(10-13(14)17(24)21-18)9-11-5-6-16(27-11)12-3-1-2-4-15(12)23(25)26/h1-6H,7-10H2,(H3,19,20,21,24). The van der Waals surface area contributed by atoms with Gasteiger partial charge in [-0.1, -0.05) is 12.1 Å². The number of hydrogen-bond donors (Lipinski definition) is 2. The number of nitro benzene ring substituents is 1. The lowest BCUT2D eigenvalue weighted by atomic mass is 10.1. The van der Waals surface area contributed by atoms with Gasteiger partial charge in [0.25, 0.3) is 11.2 Å². The third-order valence-corrected chi connectivity index (χ3v) is 4.57. The molecule has 0 spiro atoms. The second kappa shape index (κ2) is 6.69. The predicted molar refractivity (Wildman–Crippen MR) is 97.9 cm³/mol. The van der Waals surface area contributed by atoms with Crippen LogP contribution >= 0.6 is 0 Å². The molecule has 0 atom stereocenters. The summed E-state index contributed by atoms with van der Waals surface area (Å²) in [6.45, 7) is 1.65. The average molecular weight is 367 g/mol. The van der Waals surface area contributed by atoms with Crippen LogP contribution in [0.2, 0.25) is 0 Å². The normalized spacial score (nSPS) is 14.1. The van der Waals surface area contributed by atoms with Crippen molar-refractivity contribution >= 4 is 11.6 Å². The van der Waals surface area contributed by atoms with E-state index in [1.54, 1.807) is 30.3 Å². The van der Waals surface area contributed by atoms with Crippen LogP contribution in [0.15, 0.2) is 45.6 Å². The second-order valence-corrected chi connectivity index (χ2v) is 6.38. The van der Waals surface area contributed by atoms with Gasteiger partial charge in [0.05, 0.1) is 28.3 Å². The number of hydrogen-bond acceptors (Lipinski definition) is 7. The van der Waals surface area contributed by atoms with E-state index in [0.717, 1.165) is 5.69 Å². The lowest BCUT2D eigenvalue weighted by molar-refractivity contribution is -0.384. The van der Waals surface area contributed by atoms with Crippen LogP contribution in [0.5, 0.6) is 0 Å². The Hall–Kier alpha value is -3.46. The fraction of sp³-hybridized carbons (Fsp3) is 0.222. The first kappa shape index (κ1) is 17.0. The number of nitrogens with zero attached hydrogens (tertiary/aromatic N) is 3. The summed E-state index contributed by atoms with van der Waals surface area (Å²) in [7, 11) is 0. The molecule has 3 N–H and O–H groups in total. The number of nitrogens with one attached hydrogen (secondary N) is 1. The van der Waals surface area contributed by atoms with Crippen molar-refractivity contribution < 1.29 is 9.34 Å². The van der Waals surface area contributed by atoms with Gasteiger partial charge in [0.2, 0.25) is 5.95 Å². The number of aromatic amines is 1. The minimum Gasteiger partial charge on any atom is -0.459 e. The molecule has 0 unspecified atom stereocenters. The molecule has 3 heterocycles. The molecule has 0 fully saturated rings. The Morgan fingerprint density at radius 3 is 2.93 bits per heavy atom.